The molecule has 1 saturated heterocycles. The molecular weight excluding hydrogens is 310 g/mol. The molecular formula is C18H23NO5. The first-order chi connectivity index (χ1) is 11.6. The summed E-state index contributed by atoms with van der Waals surface area (Å²) in [5.74, 6) is 0.228. The van der Waals surface area contributed by atoms with E-state index in [1.165, 1.54) is 18.6 Å². The van der Waals surface area contributed by atoms with Gasteiger partial charge in [-0.15, -0.1) is 0 Å². The van der Waals surface area contributed by atoms with E-state index in [4.69, 9.17) is 14.6 Å². The Morgan fingerprint density at radius 2 is 1.96 bits per heavy atom. The number of amides is 1. The van der Waals surface area contributed by atoms with Gasteiger partial charge in [-0.1, -0.05) is 6.42 Å². The van der Waals surface area contributed by atoms with E-state index in [2.05, 4.69) is 5.32 Å². The summed E-state index contributed by atoms with van der Waals surface area (Å²) < 4.78 is 11.4. The zero-order valence-electron chi connectivity index (χ0n) is 13.6. The second-order valence-corrected chi connectivity index (χ2v) is 6.52. The fraction of sp³-hybridized carbons (Fsp3) is 0.556. The lowest BCUT2D eigenvalue weighted by molar-refractivity contribution is -0.125. The predicted octanol–water partition coefficient (Wildman–Crippen LogP) is 2.23. The molecule has 0 spiro atoms. The highest BCUT2D eigenvalue weighted by molar-refractivity contribution is 5.87. The largest absolute Gasteiger partial charge is 0.486 e. The molecule has 6 heteroatoms. The lowest BCUT2D eigenvalue weighted by Gasteiger charge is -2.33. The van der Waals surface area contributed by atoms with Crippen molar-refractivity contribution in [2.45, 2.75) is 44.2 Å². The molecule has 2 aliphatic rings. The number of benzene rings is 1. The quantitative estimate of drug-likeness (QED) is 0.834. The van der Waals surface area contributed by atoms with Crippen LogP contribution in [0.1, 0.15) is 42.5 Å². The van der Waals surface area contributed by atoms with E-state index in [0.29, 0.717) is 37.7 Å². The average Bonchev–Trinajstić information content (AvgIpc) is 2.53. The molecule has 130 valence electrons. The van der Waals surface area contributed by atoms with Gasteiger partial charge in [-0.3, -0.25) is 4.79 Å². The first-order valence-corrected chi connectivity index (χ1v) is 8.49. The van der Waals surface area contributed by atoms with Crippen LogP contribution in [0, 0.1) is 5.92 Å². The van der Waals surface area contributed by atoms with Crippen molar-refractivity contribution in [2.75, 3.05) is 13.2 Å². The van der Waals surface area contributed by atoms with Gasteiger partial charge in [0.1, 0.15) is 11.9 Å². The zero-order valence-corrected chi connectivity index (χ0v) is 13.6. The van der Waals surface area contributed by atoms with Crippen LogP contribution in [0.5, 0.6) is 5.75 Å². The number of hydrogen-bond donors (Lipinski definition) is 2. The van der Waals surface area contributed by atoms with Crippen molar-refractivity contribution in [1.82, 2.24) is 5.32 Å². The van der Waals surface area contributed by atoms with Crippen LogP contribution in [0.2, 0.25) is 0 Å². The van der Waals surface area contributed by atoms with Crippen LogP contribution in [-0.2, 0) is 9.53 Å². The van der Waals surface area contributed by atoms with E-state index < -0.39 is 5.97 Å². The number of rotatable bonds is 6. The molecule has 0 bridgehead atoms. The highest BCUT2D eigenvalue weighted by atomic mass is 16.5. The van der Waals surface area contributed by atoms with Gasteiger partial charge in [0.05, 0.1) is 18.2 Å². The third-order valence-electron chi connectivity index (χ3n) is 4.74. The van der Waals surface area contributed by atoms with Crippen molar-refractivity contribution < 1.29 is 24.2 Å². The number of carbonyl (C=O) groups excluding carboxylic acids is 1. The minimum Gasteiger partial charge on any atom is -0.486 e. The number of hydrogen-bond acceptors (Lipinski definition) is 4. The van der Waals surface area contributed by atoms with Crippen LogP contribution in [-0.4, -0.2) is 42.3 Å². The van der Waals surface area contributed by atoms with Crippen LogP contribution in [0.4, 0.5) is 0 Å². The SMILES string of the molecule is O=C(CC1CCC1)NC1CCOCC1Oc1ccc(C(=O)O)cc1. The van der Waals surface area contributed by atoms with Crippen molar-refractivity contribution in [3.05, 3.63) is 29.8 Å². The molecule has 1 aliphatic carbocycles. The molecule has 2 unspecified atom stereocenters. The molecule has 1 amide bonds. The van der Waals surface area contributed by atoms with E-state index in [1.54, 1.807) is 12.1 Å². The topological polar surface area (TPSA) is 84.9 Å². The van der Waals surface area contributed by atoms with Crippen LogP contribution in [0.3, 0.4) is 0 Å². The van der Waals surface area contributed by atoms with Gasteiger partial charge in [-0.05, 0) is 49.4 Å². The normalized spacial score (nSPS) is 24.0. The zero-order chi connectivity index (χ0) is 16.9. The first kappa shape index (κ1) is 16.8. The smallest absolute Gasteiger partial charge is 0.335 e. The second kappa shape index (κ2) is 7.66. The van der Waals surface area contributed by atoms with Crippen LogP contribution < -0.4 is 10.1 Å². The summed E-state index contributed by atoms with van der Waals surface area (Å²) >= 11 is 0. The molecule has 1 heterocycles. The minimum absolute atomic E-state index is 0.0783. The number of ether oxygens (including phenoxy) is 2. The van der Waals surface area contributed by atoms with Gasteiger partial charge in [0, 0.05) is 13.0 Å². The maximum atomic E-state index is 12.2. The fourth-order valence-corrected chi connectivity index (χ4v) is 3.07. The van der Waals surface area contributed by atoms with Gasteiger partial charge in [-0.25, -0.2) is 4.79 Å². The Morgan fingerprint density at radius 1 is 1.21 bits per heavy atom. The Labute approximate surface area is 141 Å². The van der Waals surface area contributed by atoms with Gasteiger partial charge < -0.3 is 19.9 Å². The second-order valence-electron chi connectivity index (χ2n) is 6.52. The molecule has 0 radical (unpaired) electrons. The lowest BCUT2D eigenvalue weighted by Crippen LogP contribution is -2.51. The molecule has 0 aromatic heterocycles. The molecule has 2 fully saturated rings. The molecule has 6 nitrogen and oxygen atoms in total. The van der Waals surface area contributed by atoms with Crippen molar-refractivity contribution in [3.8, 4) is 5.75 Å². The summed E-state index contributed by atoms with van der Waals surface area (Å²) in [5, 5.41) is 12.0. The molecule has 1 aromatic carbocycles. The maximum Gasteiger partial charge on any atom is 0.335 e. The van der Waals surface area contributed by atoms with Gasteiger partial charge in [0.15, 0.2) is 0 Å². The molecule has 2 N–H and O–H groups in total. The highest BCUT2D eigenvalue weighted by Gasteiger charge is 2.30. The molecule has 1 aromatic rings. The van der Waals surface area contributed by atoms with E-state index in [-0.39, 0.29) is 23.6 Å². The first-order valence-electron chi connectivity index (χ1n) is 8.49. The summed E-state index contributed by atoms with van der Waals surface area (Å²) in [5.41, 5.74) is 0.215. The van der Waals surface area contributed by atoms with Crippen LogP contribution in [0.25, 0.3) is 0 Å². The molecule has 24 heavy (non-hydrogen) atoms. The third-order valence-corrected chi connectivity index (χ3v) is 4.74. The standard InChI is InChI=1S/C18H23NO5/c20-17(10-12-2-1-3-12)19-15-8-9-23-11-16(15)24-14-6-4-13(5-7-14)18(21)22/h4-7,12,15-16H,1-3,8-11H2,(H,19,20)(H,21,22). The summed E-state index contributed by atoms with van der Waals surface area (Å²) in [7, 11) is 0. The Balaban J connectivity index is 1.57. The fourth-order valence-electron chi connectivity index (χ4n) is 3.07. The Kier molecular flexibility index (Phi) is 5.35. The summed E-state index contributed by atoms with van der Waals surface area (Å²) in [6.07, 6.45) is 4.58. The van der Waals surface area contributed by atoms with E-state index in [0.717, 1.165) is 12.8 Å². The number of carboxylic acids is 1. The maximum absolute atomic E-state index is 12.2. The Hall–Kier alpha value is -2.08. The summed E-state index contributed by atoms with van der Waals surface area (Å²) in [6.45, 7) is 1.02. The van der Waals surface area contributed by atoms with Gasteiger partial charge in [-0.2, -0.15) is 0 Å². The van der Waals surface area contributed by atoms with Crippen LogP contribution >= 0.6 is 0 Å². The van der Waals surface area contributed by atoms with Gasteiger partial charge >= 0.3 is 5.97 Å². The van der Waals surface area contributed by atoms with E-state index in [9.17, 15) is 9.59 Å². The Bertz CT molecular complexity index is 582. The molecule has 2 atom stereocenters. The molecule has 1 aliphatic heterocycles. The van der Waals surface area contributed by atoms with Crippen molar-refractivity contribution in [1.29, 1.82) is 0 Å². The highest BCUT2D eigenvalue weighted by Crippen LogP contribution is 2.29. The van der Waals surface area contributed by atoms with E-state index >= 15 is 0 Å². The Morgan fingerprint density at radius 3 is 2.58 bits per heavy atom. The molecule has 1 saturated carbocycles. The predicted molar refractivity (Wildman–Crippen MR) is 87.1 cm³/mol. The summed E-state index contributed by atoms with van der Waals surface area (Å²) in [6, 6.07) is 6.19. The summed E-state index contributed by atoms with van der Waals surface area (Å²) in [4.78, 5) is 23.0. The van der Waals surface area contributed by atoms with Crippen molar-refractivity contribution in [2.24, 2.45) is 5.92 Å². The molecule has 3 rings (SSSR count). The monoisotopic (exact) mass is 333 g/mol. The number of carboxylic acid groups (broad SMARTS) is 1. The lowest BCUT2D eigenvalue weighted by atomic mass is 9.83. The third kappa shape index (κ3) is 4.26. The van der Waals surface area contributed by atoms with Crippen molar-refractivity contribution >= 4 is 11.9 Å². The van der Waals surface area contributed by atoms with Crippen LogP contribution in [0.15, 0.2) is 24.3 Å². The number of nitrogens with one attached hydrogen (secondary N) is 1. The number of aromatic carboxylic acids is 1. The average molecular weight is 333 g/mol. The number of carbonyl (C=O) groups is 2. The van der Waals surface area contributed by atoms with Gasteiger partial charge in [0.2, 0.25) is 5.91 Å². The van der Waals surface area contributed by atoms with E-state index in [1.807, 2.05) is 0 Å². The van der Waals surface area contributed by atoms with Crippen molar-refractivity contribution in [3.63, 3.8) is 0 Å². The minimum atomic E-state index is -0.969. The van der Waals surface area contributed by atoms with Gasteiger partial charge in [0.25, 0.3) is 0 Å².